The number of furan rings is 1. The van der Waals surface area contributed by atoms with E-state index in [0.29, 0.717) is 0 Å². The summed E-state index contributed by atoms with van der Waals surface area (Å²) in [4.78, 5) is 0. The fourth-order valence-electron chi connectivity index (χ4n) is 1.90. The molecule has 3 heteroatoms. The maximum Gasteiger partial charge on any atom is 0.117 e. The van der Waals surface area contributed by atoms with Gasteiger partial charge in [0.05, 0.1) is 6.54 Å². The first-order chi connectivity index (χ1) is 8.70. The molecule has 0 aliphatic heterocycles. The van der Waals surface area contributed by atoms with E-state index in [-0.39, 0.29) is 6.04 Å². The van der Waals surface area contributed by atoms with Crippen LogP contribution in [0, 0.1) is 0 Å². The zero-order valence-electron chi connectivity index (χ0n) is 10.7. The Balaban J connectivity index is 1.96. The highest BCUT2D eigenvalue weighted by molar-refractivity contribution is 9.10. The van der Waals surface area contributed by atoms with Gasteiger partial charge in [-0.1, -0.05) is 41.1 Å². The molecule has 2 nitrogen and oxygen atoms in total. The van der Waals surface area contributed by atoms with Crippen molar-refractivity contribution in [2.45, 2.75) is 32.9 Å². The average molecular weight is 308 g/mol. The highest BCUT2D eigenvalue weighted by Gasteiger charge is 2.09. The molecule has 0 saturated heterocycles. The van der Waals surface area contributed by atoms with E-state index < -0.39 is 0 Å². The van der Waals surface area contributed by atoms with Crippen molar-refractivity contribution in [1.82, 2.24) is 5.32 Å². The second-order valence-electron chi connectivity index (χ2n) is 4.35. The van der Waals surface area contributed by atoms with E-state index in [1.54, 1.807) is 0 Å². The van der Waals surface area contributed by atoms with Crippen LogP contribution in [-0.2, 0) is 13.0 Å². The van der Waals surface area contributed by atoms with Gasteiger partial charge in [-0.25, -0.2) is 0 Å². The summed E-state index contributed by atoms with van der Waals surface area (Å²) in [7, 11) is 0. The number of halogens is 1. The molecule has 1 atom stereocenters. The van der Waals surface area contributed by atoms with Gasteiger partial charge in [0, 0.05) is 16.9 Å². The van der Waals surface area contributed by atoms with Crippen molar-refractivity contribution in [3.05, 3.63) is 58.0 Å². The van der Waals surface area contributed by atoms with Crippen LogP contribution in [0.25, 0.3) is 0 Å². The van der Waals surface area contributed by atoms with Crippen molar-refractivity contribution in [3.8, 4) is 0 Å². The van der Waals surface area contributed by atoms with Gasteiger partial charge in [0.1, 0.15) is 11.5 Å². The van der Waals surface area contributed by atoms with E-state index >= 15 is 0 Å². The largest absolute Gasteiger partial charge is 0.465 e. The van der Waals surface area contributed by atoms with Crippen LogP contribution in [0.5, 0.6) is 0 Å². The lowest BCUT2D eigenvalue weighted by atomic mass is 10.1. The molecule has 96 valence electrons. The van der Waals surface area contributed by atoms with Crippen molar-refractivity contribution in [2.24, 2.45) is 0 Å². The SMILES string of the molecule is CCc1ccc(CN[C@@H](C)c2ccccc2Br)o1. The topological polar surface area (TPSA) is 25.2 Å². The van der Waals surface area contributed by atoms with Crippen molar-refractivity contribution in [1.29, 1.82) is 0 Å². The molecule has 0 fully saturated rings. The molecule has 0 spiro atoms. The lowest BCUT2D eigenvalue weighted by Crippen LogP contribution is -2.18. The quantitative estimate of drug-likeness (QED) is 0.882. The molecule has 0 aliphatic rings. The van der Waals surface area contributed by atoms with E-state index in [9.17, 15) is 0 Å². The molecule has 18 heavy (non-hydrogen) atoms. The Morgan fingerprint density at radius 1 is 1.17 bits per heavy atom. The Labute approximate surface area is 117 Å². The van der Waals surface area contributed by atoms with Gasteiger partial charge in [-0.3, -0.25) is 0 Å². The summed E-state index contributed by atoms with van der Waals surface area (Å²) in [5.74, 6) is 2.03. The van der Waals surface area contributed by atoms with Crippen LogP contribution in [-0.4, -0.2) is 0 Å². The zero-order chi connectivity index (χ0) is 13.0. The molecule has 0 radical (unpaired) electrons. The number of nitrogens with one attached hydrogen (secondary N) is 1. The van der Waals surface area contributed by atoms with Gasteiger partial charge in [-0.05, 0) is 30.7 Å². The maximum atomic E-state index is 5.68. The Morgan fingerprint density at radius 2 is 1.89 bits per heavy atom. The van der Waals surface area contributed by atoms with Crippen molar-refractivity contribution in [2.75, 3.05) is 0 Å². The van der Waals surface area contributed by atoms with Crippen molar-refractivity contribution in [3.63, 3.8) is 0 Å². The van der Waals surface area contributed by atoms with Crippen molar-refractivity contribution >= 4 is 15.9 Å². The lowest BCUT2D eigenvalue weighted by Gasteiger charge is -2.14. The number of hydrogen-bond donors (Lipinski definition) is 1. The van der Waals surface area contributed by atoms with Gasteiger partial charge < -0.3 is 9.73 Å². The number of benzene rings is 1. The fraction of sp³-hybridized carbons (Fsp3) is 0.333. The normalized spacial score (nSPS) is 12.6. The molecular formula is C15H18BrNO. The monoisotopic (exact) mass is 307 g/mol. The fourth-order valence-corrected chi connectivity index (χ4v) is 2.53. The second-order valence-corrected chi connectivity index (χ2v) is 5.20. The summed E-state index contributed by atoms with van der Waals surface area (Å²) in [6.45, 7) is 5.01. The molecule has 1 aromatic carbocycles. The molecule has 1 aromatic heterocycles. The van der Waals surface area contributed by atoms with Crippen LogP contribution in [0.15, 0.2) is 45.3 Å². The van der Waals surface area contributed by atoms with E-state index in [1.807, 2.05) is 18.2 Å². The molecule has 0 saturated carbocycles. The van der Waals surface area contributed by atoms with Crippen LogP contribution >= 0.6 is 15.9 Å². The van der Waals surface area contributed by atoms with E-state index in [2.05, 4.69) is 53.3 Å². The van der Waals surface area contributed by atoms with Crippen LogP contribution in [0.1, 0.15) is 37.0 Å². The molecule has 2 rings (SSSR count). The van der Waals surface area contributed by atoms with Crippen LogP contribution in [0.2, 0.25) is 0 Å². The number of hydrogen-bond acceptors (Lipinski definition) is 2. The summed E-state index contributed by atoms with van der Waals surface area (Å²) in [5, 5.41) is 3.47. The predicted molar refractivity (Wildman–Crippen MR) is 77.5 cm³/mol. The van der Waals surface area contributed by atoms with Crippen LogP contribution in [0.4, 0.5) is 0 Å². The van der Waals surface area contributed by atoms with Gasteiger partial charge in [-0.15, -0.1) is 0 Å². The molecule has 0 unspecified atom stereocenters. The van der Waals surface area contributed by atoms with Gasteiger partial charge in [0.25, 0.3) is 0 Å². The minimum Gasteiger partial charge on any atom is -0.465 e. The third-order valence-corrected chi connectivity index (χ3v) is 3.74. The summed E-state index contributed by atoms with van der Waals surface area (Å²) in [6, 6.07) is 12.6. The Hall–Kier alpha value is -1.06. The summed E-state index contributed by atoms with van der Waals surface area (Å²) in [5.41, 5.74) is 1.26. The minimum absolute atomic E-state index is 0.288. The molecule has 2 aromatic rings. The first-order valence-corrected chi connectivity index (χ1v) is 7.05. The molecule has 0 amide bonds. The number of aryl methyl sites for hydroxylation is 1. The Kier molecular flexibility index (Phi) is 4.61. The molecule has 1 heterocycles. The third kappa shape index (κ3) is 3.24. The first kappa shape index (κ1) is 13.4. The maximum absolute atomic E-state index is 5.68. The van der Waals surface area contributed by atoms with E-state index in [0.717, 1.165) is 29.0 Å². The summed E-state index contributed by atoms with van der Waals surface area (Å²) < 4.78 is 6.81. The van der Waals surface area contributed by atoms with E-state index in [4.69, 9.17) is 4.42 Å². The van der Waals surface area contributed by atoms with Gasteiger partial charge in [0.15, 0.2) is 0 Å². The molecule has 0 aliphatic carbocycles. The molecule has 0 bridgehead atoms. The first-order valence-electron chi connectivity index (χ1n) is 6.26. The summed E-state index contributed by atoms with van der Waals surface area (Å²) >= 11 is 3.57. The highest BCUT2D eigenvalue weighted by atomic mass is 79.9. The van der Waals surface area contributed by atoms with Gasteiger partial charge in [0.2, 0.25) is 0 Å². The second kappa shape index (κ2) is 6.21. The van der Waals surface area contributed by atoms with Crippen LogP contribution < -0.4 is 5.32 Å². The standard InChI is InChI=1S/C15H18BrNO/c1-3-12-8-9-13(18-12)10-17-11(2)14-6-4-5-7-15(14)16/h4-9,11,17H,3,10H2,1-2H3/t11-/m0/s1. The third-order valence-electron chi connectivity index (χ3n) is 3.02. The average Bonchev–Trinajstić information content (AvgIpc) is 2.84. The molecule has 1 N–H and O–H groups in total. The van der Waals surface area contributed by atoms with Crippen LogP contribution in [0.3, 0.4) is 0 Å². The van der Waals surface area contributed by atoms with E-state index in [1.165, 1.54) is 5.56 Å². The number of rotatable bonds is 5. The smallest absolute Gasteiger partial charge is 0.117 e. The van der Waals surface area contributed by atoms with Gasteiger partial charge in [-0.2, -0.15) is 0 Å². The zero-order valence-corrected chi connectivity index (χ0v) is 12.3. The highest BCUT2D eigenvalue weighted by Crippen LogP contribution is 2.23. The lowest BCUT2D eigenvalue weighted by molar-refractivity contribution is 0.435. The summed E-state index contributed by atoms with van der Waals surface area (Å²) in [6.07, 6.45) is 0.944. The van der Waals surface area contributed by atoms with Gasteiger partial charge >= 0.3 is 0 Å². The Morgan fingerprint density at radius 3 is 2.56 bits per heavy atom. The Bertz CT molecular complexity index is 507. The van der Waals surface area contributed by atoms with Crippen molar-refractivity contribution < 1.29 is 4.42 Å². The predicted octanol–water partition coefficient (Wildman–Crippen LogP) is 4.46. The molecular weight excluding hydrogens is 290 g/mol. The minimum atomic E-state index is 0.288.